The number of nitrogen functional groups attached to an aromatic ring is 1. The van der Waals surface area contributed by atoms with E-state index in [2.05, 4.69) is 10.1 Å². The lowest BCUT2D eigenvalue weighted by molar-refractivity contribution is 0.0527. The molecule has 2 aromatic heterocycles. The van der Waals surface area contributed by atoms with Crippen LogP contribution in [-0.4, -0.2) is 47.7 Å². The Morgan fingerprint density at radius 2 is 2.03 bits per heavy atom. The summed E-state index contributed by atoms with van der Waals surface area (Å²) in [7, 11) is 1.61. The fourth-order valence-electron chi connectivity index (χ4n) is 4.28. The third kappa shape index (κ3) is 4.77. The van der Waals surface area contributed by atoms with Gasteiger partial charge in [-0.15, -0.1) is 0 Å². The van der Waals surface area contributed by atoms with E-state index in [0.29, 0.717) is 36.0 Å². The lowest BCUT2D eigenvalue weighted by Crippen LogP contribution is -2.14. The molecule has 0 radical (unpaired) electrons. The first kappa shape index (κ1) is 25.2. The van der Waals surface area contributed by atoms with E-state index in [1.807, 2.05) is 50.6 Å². The van der Waals surface area contributed by atoms with Crippen LogP contribution < -0.4 is 10.5 Å². The fraction of sp³-hybridized carbons (Fsp3) is 0.423. The Kier molecular flexibility index (Phi) is 8.28. The SMILES string of the molecule is CC.CCOC(=O)c1cnn([C@H]2CCOC2)c1-c1ccc(-c2c(C)cnc(OC)c2C)cc1N. The summed E-state index contributed by atoms with van der Waals surface area (Å²) in [5, 5.41) is 4.51. The summed E-state index contributed by atoms with van der Waals surface area (Å²) in [6.07, 6.45) is 4.17. The third-order valence-electron chi connectivity index (χ3n) is 5.80. The van der Waals surface area contributed by atoms with Crippen LogP contribution in [0.4, 0.5) is 5.69 Å². The van der Waals surface area contributed by atoms with Crippen LogP contribution >= 0.6 is 0 Å². The largest absolute Gasteiger partial charge is 0.481 e. The number of aryl methyl sites for hydroxylation is 1. The second-order valence-corrected chi connectivity index (χ2v) is 7.84. The molecule has 1 atom stereocenters. The number of aromatic nitrogens is 3. The van der Waals surface area contributed by atoms with Crippen molar-refractivity contribution in [1.29, 1.82) is 0 Å². The van der Waals surface area contributed by atoms with Gasteiger partial charge in [0.1, 0.15) is 5.56 Å². The maximum absolute atomic E-state index is 12.7. The first-order valence-corrected chi connectivity index (χ1v) is 11.7. The number of pyridine rings is 1. The average Bonchev–Trinajstić information content (AvgIpc) is 3.51. The fourth-order valence-corrected chi connectivity index (χ4v) is 4.28. The quantitative estimate of drug-likeness (QED) is 0.404. The number of carbonyl (C=O) groups is 1. The van der Waals surface area contributed by atoms with Crippen molar-refractivity contribution in [3.8, 4) is 28.3 Å². The second kappa shape index (κ2) is 11.2. The van der Waals surface area contributed by atoms with Gasteiger partial charge in [-0.25, -0.2) is 9.78 Å². The number of hydrogen-bond acceptors (Lipinski definition) is 7. The Balaban J connectivity index is 0.00000158. The summed E-state index contributed by atoms with van der Waals surface area (Å²) in [4.78, 5) is 17.0. The number of benzene rings is 1. The number of rotatable bonds is 6. The molecule has 0 bridgehead atoms. The van der Waals surface area contributed by atoms with Crippen molar-refractivity contribution < 1.29 is 19.0 Å². The number of anilines is 1. The molecule has 0 aliphatic carbocycles. The first-order valence-electron chi connectivity index (χ1n) is 11.7. The van der Waals surface area contributed by atoms with Crippen molar-refractivity contribution in [3.63, 3.8) is 0 Å². The van der Waals surface area contributed by atoms with Crippen LogP contribution in [0.5, 0.6) is 5.88 Å². The van der Waals surface area contributed by atoms with Crippen LogP contribution in [0.3, 0.4) is 0 Å². The van der Waals surface area contributed by atoms with Crippen molar-refractivity contribution in [3.05, 3.63) is 47.3 Å². The van der Waals surface area contributed by atoms with Gasteiger partial charge in [-0.3, -0.25) is 4.68 Å². The van der Waals surface area contributed by atoms with Gasteiger partial charge in [0, 0.05) is 29.6 Å². The van der Waals surface area contributed by atoms with Crippen molar-refractivity contribution in [2.24, 2.45) is 0 Å². The Bertz CT molecular complexity index is 1150. The normalized spacial score (nSPS) is 14.9. The van der Waals surface area contributed by atoms with Gasteiger partial charge in [0.05, 0.1) is 38.3 Å². The zero-order chi connectivity index (χ0) is 24.8. The minimum absolute atomic E-state index is 0.0428. The summed E-state index contributed by atoms with van der Waals surface area (Å²) in [6, 6.07) is 5.89. The van der Waals surface area contributed by atoms with E-state index in [0.717, 1.165) is 34.2 Å². The molecule has 8 nitrogen and oxygen atoms in total. The van der Waals surface area contributed by atoms with E-state index >= 15 is 0 Å². The Labute approximate surface area is 201 Å². The van der Waals surface area contributed by atoms with Gasteiger partial charge in [-0.1, -0.05) is 26.0 Å². The highest BCUT2D eigenvalue weighted by molar-refractivity contribution is 5.98. The van der Waals surface area contributed by atoms with E-state index in [4.69, 9.17) is 19.9 Å². The predicted molar refractivity (Wildman–Crippen MR) is 133 cm³/mol. The van der Waals surface area contributed by atoms with E-state index in [1.54, 1.807) is 26.4 Å². The average molecular weight is 467 g/mol. The number of ether oxygens (including phenoxy) is 3. The minimum Gasteiger partial charge on any atom is -0.481 e. The maximum atomic E-state index is 12.7. The number of nitrogens with two attached hydrogens (primary N) is 1. The molecule has 3 heterocycles. The van der Waals surface area contributed by atoms with Crippen LogP contribution in [0, 0.1) is 13.8 Å². The number of methoxy groups -OCH3 is 1. The highest BCUT2D eigenvalue weighted by Crippen LogP contribution is 2.38. The molecule has 0 saturated carbocycles. The van der Waals surface area contributed by atoms with E-state index in [-0.39, 0.29) is 12.6 Å². The van der Waals surface area contributed by atoms with Gasteiger partial charge in [0.15, 0.2) is 0 Å². The van der Waals surface area contributed by atoms with Crippen molar-refractivity contribution in [1.82, 2.24) is 14.8 Å². The summed E-state index contributed by atoms with van der Waals surface area (Å²) in [5.74, 6) is 0.166. The molecule has 0 unspecified atom stereocenters. The van der Waals surface area contributed by atoms with Crippen LogP contribution in [-0.2, 0) is 9.47 Å². The molecule has 2 N–H and O–H groups in total. The smallest absolute Gasteiger partial charge is 0.341 e. The first-order chi connectivity index (χ1) is 16.5. The van der Waals surface area contributed by atoms with Crippen molar-refractivity contribution in [2.45, 2.75) is 47.1 Å². The number of hydrogen-bond donors (Lipinski definition) is 1. The molecule has 1 aromatic carbocycles. The summed E-state index contributed by atoms with van der Waals surface area (Å²) in [6.45, 7) is 11.3. The van der Waals surface area contributed by atoms with Gasteiger partial charge in [0.25, 0.3) is 0 Å². The van der Waals surface area contributed by atoms with Gasteiger partial charge < -0.3 is 19.9 Å². The predicted octanol–water partition coefficient (Wildman–Crippen LogP) is 4.98. The summed E-state index contributed by atoms with van der Waals surface area (Å²) in [5.41, 5.74) is 12.8. The van der Waals surface area contributed by atoms with Gasteiger partial charge in [-0.05, 0) is 49.9 Å². The monoisotopic (exact) mass is 466 g/mol. The highest BCUT2D eigenvalue weighted by atomic mass is 16.5. The Morgan fingerprint density at radius 1 is 1.26 bits per heavy atom. The van der Waals surface area contributed by atoms with E-state index < -0.39 is 5.97 Å². The molecule has 1 fully saturated rings. The molecule has 4 rings (SSSR count). The Hall–Kier alpha value is -3.39. The van der Waals surface area contributed by atoms with Gasteiger partial charge in [-0.2, -0.15) is 5.10 Å². The summed E-state index contributed by atoms with van der Waals surface area (Å²) < 4.78 is 18.1. The number of nitrogens with zero attached hydrogens (tertiary/aromatic N) is 3. The van der Waals surface area contributed by atoms with Crippen molar-refractivity contribution >= 4 is 11.7 Å². The minimum atomic E-state index is -0.415. The molecule has 1 saturated heterocycles. The third-order valence-corrected chi connectivity index (χ3v) is 5.80. The number of esters is 1. The molecule has 182 valence electrons. The zero-order valence-corrected chi connectivity index (χ0v) is 20.8. The molecular formula is C26H34N4O4. The lowest BCUT2D eigenvalue weighted by Gasteiger charge is -2.18. The maximum Gasteiger partial charge on any atom is 0.341 e. The molecule has 3 aromatic rings. The standard InChI is InChI=1S/C24H28N4O4.C2H6/c1-5-32-24(29)19-12-27-28(17-8-9-31-13-17)22(19)18-7-6-16(10-20(18)25)21-14(2)11-26-23(30-4)15(21)3;1-2/h6-7,10-12,17H,5,8-9,13,25H2,1-4H3;1-2H3/t17-;/m0./s1. The van der Waals surface area contributed by atoms with Crippen LogP contribution in [0.25, 0.3) is 22.4 Å². The van der Waals surface area contributed by atoms with Crippen LogP contribution in [0.15, 0.2) is 30.6 Å². The highest BCUT2D eigenvalue weighted by Gasteiger charge is 2.28. The molecule has 1 aliphatic heterocycles. The van der Waals surface area contributed by atoms with Crippen LogP contribution in [0.1, 0.15) is 54.7 Å². The zero-order valence-electron chi connectivity index (χ0n) is 20.8. The van der Waals surface area contributed by atoms with Crippen molar-refractivity contribution in [2.75, 3.05) is 32.7 Å². The lowest BCUT2D eigenvalue weighted by atomic mass is 9.94. The number of carbonyl (C=O) groups excluding carboxylic acids is 1. The molecule has 8 heteroatoms. The molecule has 0 spiro atoms. The molecule has 1 aliphatic rings. The van der Waals surface area contributed by atoms with Gasteiger partial charge >= 0.3 is 5.97 Å². The van der Waals surface area contributed by atoms with E-state index in [9.17, 15) is 4.79 Å². The molecule has 34 heavy (non-hydrogen) atoms. The van der Waals surface area contributed by atoms with E-state index in [1.165, 1.54) is 0 Å². The summed E-state index contributed by atoms with van der Waals surface area (Å²) >= 11 is 0. The van der Waals surface area contributed by atoms with Gasteiger partial charge in [0.2, 0.25) is 5.88 Å². The second-order valence-electron chi connectivity index (χ2n) is 7.84. The van der Waals surface area contributed by atoms with Crippen LogP contribution in [0.2, 0.25) is 0 Å². The molecule has 0 amide bonds. The topological polar surface area (TPSA) is 101 Å². The molecular weight excluding hydrogens is 432 g/mol. The Morgan fingerprint density at radius 3 is 2.65 bits per heavy atom.